The highest BCUT2D eigenvalue weighted by atomic mass is 16.1. The molecule has 3 aromatic heterocycles. The Morgan fingerprint density at radius 1 is 1.16 bits per heavy atom. The lowest BCUT2D eigenvalue weighted by Crippen LogP contribution is -2.10. The molecular weight excluding hydrogens is 313 g/mol. The zero-order valence-corrected chi connectivity index (χ0v) is 13.7. The van der Waals surface area contributed by atoms with Crippen LogP contribution in [0.5, 0.6) is 0 Å². The first-order chi connectivity index (χ1) is 12.2. The van der Waals surface area contributed by atoms with Gasteiger partial charge in [-0.3, -0.25) is 4.79 Å². The van der Waals surface area contributed by atoms with Crippen molar-refractivity contribution in [2.24, 2.45) is 0 Å². The molecule has 0 radical (unpaired) electrons. The van der Waals surface area contributed by atoms with E-state index in [-0.39, 0.29) is 5.56 Å². The Morgan fingerprint density at radius 2 is 2.00 bits per heavy atom. The minimum Gasteiger partial charge on any atom is -0.366 e. The van der Waals surface area contributed by atoms with Gasteiger partial charge in [0.05, 0.1) is 5.69 Å². The lowest BCUT2D eigenvalue weighted by Gasteiger charge is -2.11. The highest BCUT2D eigenvalue weighted by molar-refractivity contribution is 6.36. The van der Waals surface area contributed by atoms with Crippen molar-refractivity contribution >= 4 is 24.8 Å². The molecule has 0 bridgehead atoms. The van der Waals surface area contributed by atoms with Crippen LogP contribution in [0.15, 0.2) is 65.7 Å². The summed E-state index contributed by atoms with van der Waals surface area (Å²) < 4.78 is 1.80. The van der Waals surface area contributed by atoms with Crippen LogP contribution in [0.3, 0.4) is 0 Å². The first-order valence-corrected chi connectivity index (χ1v) is 8.03. The Bertz CT molecular complexity index is 1070. The smallest absolute Gasteiger partial charge is 0.247 e. The summed E-state index contributed by atoms with van der Waals surface area (Å²) in [5, 5.41) is 7.80. The van der Waals surface area contributed by atoms with Crippen molar-refractivity contribution in [1.82, 2.24) is 19.6 Å². The highest BCUT2D eigenvalue weighted by Crippen LogP contribution is 2.21. The average Bonchev–Trinajstić information content (AvgIpc) is 3.03. The number of anilines is 1. The fraction of sp³-hybridized carbons (Fsp3) is 0.0556. The molecule has 4 aromatic rings. The van der Waals surface area contributed by atoms with Crippen molar-refractivity contribution in [1.29, 1.82) is 0 Å². The van der Waals surface area contributed by atoms with Crippen molar-refractivity contribution in [2.45, 2.75) is 6.54 Å². The van der Waals surface area contributed by atoms with Gasteiger partial charge >= 0.3 is 0 Å². The molecule has 7 heteroatoms. The number of aromatic nitrogens is 4. The Kier molecular flexibility index (Phi) is 3.82. The Morgan fingerprint density at radius 3 is 2.76 bits per heavy atom. The molecule has 0 amide bonds. The third-order valence-corrected chi connectivity index (χ3v) is 4.04. The molecule has 0 saturated carbocycles. The van der Waals surface area contributed by atoms with Crippen LogP contribution in [0.2, 0.25) is 0 Å². The normalized spacial score (nSPS) is 10.9. The molecule has 0 atom stereocenters. The summed E-state index contributed by atoms with van der Waals surface area (Å²) in [5.41, 5.74) is 4.66. The van der Waals surface area contributed by atoms with Gasteiger partial charge in [0.15, 0.2) is 5.65 Å². The van der Waals surface area contributed by atoms with Gasteiger partial charge in [-0.2, -0.15) is 9.61 Å². The molecule has 0 aliphatic heterocycles. The summed E-state index contributed by atoms with van der Waals surface area (Å²) >= 11 is 0. The predicted octanol–water partition coefficient (Wildman–Crippen LogP) is 0.955. The molecule has 1 aromatic carbocycles. The molecule has 122 valence electrons. The van der Waals surface area contributed by atoms with E-state index in [0.717, 1.165) is 33.7 Å². The molecule has 3 heterocycles. The molecule has 0 fully saturated rings. The van der Waals surface area contributed by atoms with Gasteiger partial charge < -0.3 is 10.3 Å². The van der Waals surface area contributed by atoms with Crippen molar-refractivity contribution < 1.29 is 0 Å². The monoisotopic (exact) mass is 329 g/mol. The zero-order chi connectivity index (χ0) is 17.2. The number of nitrogens with zero attached hydrogens (tertiary/aromatic N) is 3. The predicted molar refractivity (Wildman–Crippen MR) is 101 cm³/mol. The van der Waals surface area contributed by atoms with Crippen LogP contribution in [0.25, 0.3) is 16.9 Å². The summed E-state index contributed by atoms with van der Waals surface area (Å²) in [6, 6.07) is 15.4. The maximum Gasteiger partial charge on any atom is 0.247 e. The van der Waals surface area contributed by atoms with E-state index in [1.807, 2.05) is 50.4 Å². The SMILES string of the molecule is Bc1cnn2c(NCc3ccc(=O)[nH]c3)cc(-c3ccccc3)nc12. The molecule has 2 N–H and O–H groups in total. The molecular formula is C18H16BN5O. The third-order valence-electron chi connectivity index (χ3n) is 4.04. The van der Waals surface area contributed by atoms with Gasteiger partial charge in [-0.25, -0.2) is 4.98 Å². The maximum atomic E-state index is 11.2. The average molecular weight is 329 g/mol. The lowest BCUT2D eigenvalue weighted by atomic mass is 10.0. The Hall–Kier alpha value is -3.35. The number of aromatic amines is 1. The molecule has 0 aliphatic rings. The number of benzene rings is 1. The van der Waals surface area contributed by atoms with Gasteiger partial charge in [0.2, 0.25) is 5.56 Å². The standard InChI is InChI=1S/C18H16BN5O/c19-14-11-22-24-16(20-9-12-6-7-17(25)21-10-12)8-15(23-18(14)24)13-4-2-1-3-5-13/h1-8,10-11,20H,9,19H2,(H,21,25). The van der Waals surface area contributed by atoms with Gasteiger partial charge in [0.1, 0.15) is 13.7 Å². The Labute approximate surface area is 145 Å². The number of fused-ring (bicyclic) bond motifs is 1. The van der Waals surface area contributed by atoms with Crippen LogP contribution in [-0.4, -0.2) is 27.4 Å². The molecule has 6 nitrogen and oxygen atoms in total. The fourth-order valence-corrected chi connectivity index (χ4v) is 2.70. The number of rotatable bonds is 4. The second-order valence-corrected chi connectivity index (χ2v) is 5.87. The topological polar surface area (TPSA) is 75.1 Å². The van der Waals surface area contributed by atoms with E-state index in [4.69, 9.17) is 4.98 Å². The largest absolute Gasteiger partial charge is 0.366 e. The van der Waals surface area contributed by atoms with Crippen molar-refractivity contribution in [2.75, 3.05) is 5.32 Å². The minimum atomic E-state index is -0.107. The molecule has 4 rings (SSSR count). The van der Waals surface area contributed by atoms with E-state index in [0.29, 0.717) is 6.54 Å². The van der Waals surface area contributed by atoms with Gasteiger partial charge in [-0.15, -0.1) is 0 Å². The molecule has 0 saturated heterocycles. The van der Waals surface area contributed by atoms with Crippen molar-refractivity contribution in [3.8, 4) is 11.3 Å². The number of H-pyrrole nitrogens is 1. The summed E-state index contributed by atoms with van der Waals surface area (Å²) in [5.74, 6) is 0.850. The first-order valence-electron chi connectivity index (χ1n) is 8.03. The van der Waals surface area contributed by atoms with Crippen LogP contribution in [0.1, 0.15) is 5.56 Å². The number of pyridine rings is 1. The second kappa shape index (κ2) is 6.28. The third kappa shape index (κ3) is 3.04. The molecule has 0 spiro atoms. The number of hydrogen-bond donors (Lipinski definition) is 2. The molecule has 0 unspecified atom stereocenters. The van der Waals surface area contributed by atoms with Crippen molar-refractivity contribution in [3.63, 3.8) is 0 Å². The summed E-state index contributed by atoms with van der Waals surface area (Å²) in [4.78, 5) is 18.6. The first kappa shape index (κ1) is 15.2. The van der Waals surface area contributed by atoms with Gasteiger partial charge in [-0.05, 0) is 11.0 Å². The Balaban J connectivity index is 1.74. The maximum absolute atomic E-state index is 11.2. The van der Waals surface area contributed by atoms with E-state index in [1.54, 1.807) is 16.8 Å². The second-order valence-electron chi connectivity index (χ2n) is 5.87. The van der Waals surface area contributed by atoms with E-state index in [2.05, 4.69) is 15.4 Å². The minimum absolute atomic E-state index is 0.107. The zero-order valence-electron chi connectivity index (χ0n) is 13.7. The van der Waals surface area contributed by atoms with Gasteiger partial charge in [0.25, 0.3) is 0 Å². The van der Waals surface area contributed by atoms with E-state index >= 15 is 0 Å². The van der Waals surface area contributed by atoms with E-state index < -0.39 is 0 Å². The van der Waals surface area contributed by atoms with E-state index in [1.165, 1.54) is 6.07 Å². The van der Waals surface area contributed by atoms with Crippen LogP contribution in [-0.2, 0) is 6.54 Å². The number of nitrogens with one attached hydrogen (secondary N) is 2. The molecule has 25 heavy (non-hydrogen) atoms. The van der Waals surface area contributed by atoms with Crippen LogP contribution in [0.4, 0.5) is 5.82 Å². The van der Waals surface area contributed by atoms with Crippen molar-refractivity contribution in [3.05, 3.63) is 76.8 Å². The molecule has 0 aliphatic carbocycles. The quantitative estimate of drug-likeness (QED) is 0.547. The van der Waals surface area contributed by atoms with Crippen LogP contribution < -0.4 is 16.3 Å². The van der Waals surface area contributed by atoms with Gasteiger partial charge in [-0.1, -0.05) is 36.4 Å². The van der Waals surface area contributed by atoms with E-state index in [9.17, 15) is 4.79 Å². The fourth-order valence-electron chi connectivity index (χ4n) is 2.70. The number of hydrogen-bond acceptors (Lipinski definition) is 4. The summed E-state index contributed by atoms with van der Waals surface area (Å²) in [7, 11) is 2.00. The van der Waals surface area contributed by atoms with Crippen LogP contribution >= 0.6 is 0 Å². The van der Waals surface area contributed by atoms with Crippen LogP contribution in [0, 0.1) is 0 Å². The summed E-state index contributed by atoms with van der Waals surface area (Å²) in [6.45, 7) is 0.572. The highest BCUT2D eigenvalue weighted by Gasteiger charge is 2.10. The van der Waals surface area contributed by atoms with Gasteiger partial charge in [0, 0.05) is 36.6 Å². The summed E-state index contributed by atoms with van der Waals surface area (Å²) in [6.07, 6.45) is 3.52. The lowest BCUT2D eigenvalue weighted by molar-refractivity contribution is 0.925.